The second-order valence-electron chi connectivity index (χ2n) is 9.32. The number of benzene rings is 2. The molecule has 0 amide bonds. The van der Waals surface area contributed by atoms with Crippen molar-refractivity contribution in [1.82, 2.24) is 4.98 Å². The number of hydrogen-bond donors (Lipinski definition) is 1. The molecule has 0 saturated carbocycles. The standard InChI is InChI=1S/C16H24O.C10H9N/c1-8-11-9-12(15(2,3)4)10-13(14(11)17)16(5,6)7;1-8-4-2-5-9-6-3-7-11-10(8)9/h8-10,17H,1H2,2-7H3;2-7H,1H3. The van der Waals surface area contributed by atoms with Crippen LogP contribution in [0.5, 0.6) is 5.75 Å². The van der Waals surface area contributed by atoms with E-state index in [0.717, 1.165) is 16.6 Å². The Morgan fingerprint density at radius 1 is 0.929 bits per heavy atom. The summed E-state index contributed by atoms with van der Waals surface area (Å²) in [5.41, 5.74) is 5.39. The maximum Gasteiger partial charge on any atom is 0.126 e. The highest BCUT2D eigenvalue weighted by molar-refractivity contribution is 5.81. The minimum Gasteiger partial charge on any atom is -0.507 e. The zero-order valence-corrected chi connectivity index (χ0v) is 18.3. The first kappa shape index (κ1) is 21.7. The smallest absolute Gasteiger partial charge is 0.126 e. The molecule has 0 aliphatic carbocycles. The summed E-state index contributed by atoms with van der Waals surface area (Å²) in [6.45, 7) is 18.7. The molecule has 0 aliphatic rings. The lowest BCUT2D eigenvalue weighted by Crippen LogP contribution is -2.17. The minimum absolute atomic E-state index is 0.0664. The molecule has 2 nitrogen and oxygen atoms in total. The van der Waals surface area contributed by atoms with Crippen LogP contribution in [0.2, 0.25) is 0 Å². The van der Waals surface area contributed by atoms with E-state index in [2.05, 4.69) is 90.4 Å². The van der Waals surface area contributed by atoms with Gasteiger partial charge in [-0.15, -0.1) is 0 Å². The fourth-order valence-electron chi connectivity index (χ4n) is 3.07. The third-order valence-electron chi connectivity index (χ3n) is 4.87. The summed E-state index contributed by atoms with van der Waals surface area (Å²) >= 11 is 0. The summed E-state index contributed by atoms with van der Waals surface area (Å²) < 4.78 is 0. The van der Waals surface area contributed by atoms with Crippen LogP contribution in [0.3, 0.4) is 0 Å². The molecule has 3 rings (SSSR count). The molecule has 0 saturated heterocycles. The quantitative estimate of drug-likeness (QED) is 0.489. The maximum absolute atomic E-state index is 10.2. The molecule has 0 aliphatic heterocycles. The predicted octanol–water partition coefficient (Wildman–Crippen LogP) is 7.17. The van der Waals surface area contributed by atoms with E-state index < -0.39 is 0 Å². The first-order valence-corrected chi connectivity index (χ1v) is 9.76. The van der Waals surface area contributed by atoms with E-state index in [1.54, 1.807) is 6.08 Å². The number of phenolic OH excluding ortho intramolecular Hbond substituents is 1. The maximum atomic E-state index is 10.2. The van der Waals surface area contributed by atoms with Gasteiger partial charge in [0.1, 0.15) is 5.75 Å². The molecule has 0 radical (unpaired) electrons. The summed E-state index contributed by atoms with van der Waals surface area (Å²) in [5.74, 6) is 0.362. The molecule has 0 atom stereocenters. The Morgan fingerprint density at radius 2 is 1.57 bits per heavy atom. The van der Waals surface area contributed by atoms with Crippen LogP contribution in [0, 0.1) is 6.92 Å². The van der Waals surface area contributed by atoms with Gasteiger partial charge in [-0.05, 0) is 41.0 Å². The predicted molar refractivity (Wildman–Crippen MR) is 122 cm³/mol. The van der Waals surface area contributed by atoms with E-state index in [9.17, 15) is 5.11 Å². The zero-order valence-electron chi connectivity index (χ0n) is 18.3. The van der Waals surface area contributed by atoms with Crippen LogP contribution in [0.1, 0.15) is 63.8 Å². The van der Waals surface area contributed by atoms with E-state index in [1.165, 1.54) is 16.5 Å². The van der Waals surface area contributed by atoms with Gasteiger partial charge >= 0.3 is 0 Å². The molecule has 3 aromatic rings. The summed E-state index contributed by atoms with van der Waals surface area (Å²) in [4.78, 5) is 4.28. The van der Waals surface area contributed by atoms with Crippen molar-refractivity contribution in [1.29, 1.82) is 0 Å². The van der Waals surface area contributed by atoms with Crippen molar-refractivity contribution in [2.45, 2.75) is 59.3 Å². The number of phenols is 1. The van der Waals surface area contributed by atoms with Gasteiger partial charge in [0, 0.05) is 22.7 Å². The Labute approximate surface area is 170 Å². The van der Waals surface area contributed by atoms with Crippen LogP contribution in [0.15, 0.2) is 55.2 Å². The Kier molecular flexibility index (Phi) is 6.34. The number of pyridine rings is 1. The average Bonchev–Trinajstić information content (AvgIpc) is 2.61. The lowest BCUT2D eigenvalue weighted by atomic mass is 9.79. The number of fused-ring (bicyclic) bond motifs is 1. The van der Waals surface area contributed by atoms with Gasteiger partial charge in [0.05, 0.1) is 5.52 Å². The molecule has 1 aromatic heterocycles. The molecule has 28 heavy (non-hydrogen) atoms. The minimum atomic E-state index is -0.0664. The normalized spacial score (nSPS) is 11.7. The molecular formula is C26H33NO. The summed E-state index contributed by atoms with van der Waals surface area (Å²) in [7, 11) is 0. The fourth-order valence-corrected chi connectivity index (χ4v) is 3.07. The molecule has 148 valence electrons. The zero-order chi connectivity index (χ0) is 21.1. The molecule has 2 heteroatoms. The molecule has 0 fully saturated rings. The van der Waals surface area contributed by atoms with E-state index in [1.807, 2.05) is 18.3 Å². The number of aromatic hydroxyl groups is 1. The topological polar surface area (TPSA) is 33.1 Å². The van der Waals surface area contributed by atoms with Gasteiger partial charge < -0.3 is 5.11 Å². The SMILES string of the molecule is C=Cc1cc(C(C)(C)C)cc(C(C)(C)C)c1O.Cc1cccc2cccnc12. The van der Waals surface area contributed by atoms with Crippen LogP contribution in [-0.2, 0) is 10.8 Å². The summed E-state index contributed by atoms with van der Waals surface area (Å²) in [6, 6.07) is 14.4. The third kappa shape index (κ3) is 5.01. The van der Waals surface area contributed by atoms with Crippen molar-refractivity contribution in [3.05, 3.63) is 77.5 Å². The highest BCUT2D eigenvalue weighted by Crippen LogP contribution is 2.37. The molecule has 0 unspecified atom stereocenters. The molecular weight excluding hydrogens is 342 g/mol. The second-order valence-corrected chi connectivity index (χ2v) is 9.32. The lowest BCUT2D eigenvalue weighted by Gasteiger charge is -2.27. The molecule has 2 aromatic carbocycles. The number of nitrogens with zero attached hydrogens (tertiary/aromatic N) is 1. The molecule has 1 heterocycles. The number of aromatic nitrogens is 1. The number of rotatable bonds is 1. The first-order valence-electron chi connectivity index (χ1n) is 9.76. The number of aryl methyl sites for hydroxylation is 1. The number of hydrogen-bond acceptors (Lipinski definition) is 2. The molecule has 0 spiro atoms. The van der Waals surface area contributed by atoms with Crippen LogP contribution < -0.4 is 0 Å². The highest BCUT2D eigenvalue weighted by atomic mass is 16.3. The number of para-hydroxylation sites is 1. The van der Waals surface area contributed by atoms with Gasteiger partial charge in [-0.2, -0.15) is 0 Å². The molecule has 1 N–H and O–H groups in total. The summed E-state index contributed by atoms with van der Waals surface area (Å²) in [5, 5.41) is 11.5. The van der Waals surface area contributed by atoms with Gasteiger partial charge in [-0.25, -0.2) is 0 Å². The van der Waals surface area contributed by atoms with Crippen molar-refractivity contribution >= 4 is 17.0 Å². The Balaban J connectivity index is 0.000000218. The van der Waals surface area contributed by atoms with Crippen molar-refractivity contribution in [2.75, 3.05) is 0 Å². The van der Waals surface area contributed by atoms with E-state index in [0.29, 0.717) is 5.75 Å². The van der Waals surface area contributed by atoms with Gasteiger partial charge in [-0.1, -0.05) is 84.5 Å². The second kappa shape index (κ2) is 8.18. The third-order valence-corrected chi connectivity index (χ3v) is 4.87. The average molecular weight is 376 g/mol. The Hall–Kier alpha value is -2.61. The van der Waals surface area contributed by atoms with Crippen molar-refractivity contribution < 1.29 is 5.11 Å². The molecule has 0 bridgehead atoms. The van der Waals surface area contributed by atoms with Crippen molar-refractivity contribution in [2.24, 2.45) is 0 Å². The first-order chi connectivity index (χ1) is 12.9. The Bertz CT molecular complexity index is 967. The van der Waals surface area contributed by atoms with Gasteiger partial charge in [-0.3, -0.25) is 4.98 Å². The summed E-state index contributed by atoms with van der Waals surface area (Å²) in [6.07, 6.45) is 3.55. The van der Waals surface area contributed by atoms with Crippen molar-refractivity contribution in [3.8, 4) is 5.75 Å². The highest BCUT2D eigenvalue weighted by Gasteiger charge is 2.24. The van der Waals surface area contributed by atoms with Crippen LogP contribution in [0.25, 0.3) is 17.0 Å². The van der Waals surface area contributed by atoms with Crippen molar-refractivity contribution in [3.63, 3.8) is 0 Å². The Morgan fingerprint density at radius 3 is 2.11 bits per heavy atom. The van der Waals surface area contributed by atoms with E-state index in [4.69, 9.17) is 0 Å². The van der Waals surface area contributed by atoms with Gasteiger partial charge in [0.15, 0.2) is 0 Å². The fraction of sp³-hybridized carbons (Fsp3) is 0.346. The van der Waals surface area contributed by atoms with Crippen LogP contribution >= 0.6 is 0 Å². The largest absolute Gasteiger partial charge is 0.507 e. The monoisotopic (exact) mass is 375 g/mol. The van der Waals surface area contributed by atoms with Crippen LogP contribution in [0.4, 0.5) is 0 Å². The van der Waals surface area contributed by atoms with E-state index in [-0.39, 0.29) is 10.8 Å². The lowest BCUT2D eigenvalue weighted by molar-refractivity contribution is 0.443. The van der Waals surface area contributed by atoms with Gasteiger partial charge in [0.25, 0.3) is 0 Å². The van der Waals surface area contributed by atoms with Gasteiger partial charge in [0.2, 0.25) is 0 Å². The van der Waals surface area contributed by atoms with E-state index >= 15 is 0 Å². The van der Waals surface area contributed by atoms with Crippen LogP contribution in [-0.4, -0.2) is 10.1 Å².